The summed E-state index contributed by atoms with van der Waals surface area (Å²) in [6.07, 6.45) is 5.04. The van der Waals surface area contributed by atoms with Crippen molar-refractivity contribution in [3.63, 3.8) is 0 Å². The maximum atomic E-state index is 13.0. The minimum Gasteiger partial charge on any atom is -0.497 e. The van der Waals surface area contributed by atoms with Crippen LogP contribution in [0.4, 0.5) is 5.69 Å². The van der Waals surface area contributed by atoms with Gasteiger partial charge >= 0.3 is 0 Å². The molecule has 4 rings (SSSR count). The zero-order valence-electron chi connectivity index (χ0n) is 18.3. The van der Waals surface area contributed by atoms with Gasteiger partial charge in [0.15, 0.2) is 5.76 Å². The molecule has 1 amide bonds. The fourth-order valence-corrected chi connectivity index (χ4v) is 3.49. The number of aromatic nitrogens is 1. The molecule has 0 spiro atoms. The van der Waals surface area contributed by atoms with Crippen LogP contribution in [0, 0.1) is 0 Å². The monoisotopic (exact) mass is 426 g/mol. The Morgan fingerprint density at radius 1 is 1.00 bits per heavy atom. The molecule has 0 unspecified atom stereocenters. The molecule has 4 aromatic rings. The number of ether oxygens (including phenoxy) is 1. The quantitative estimate of drug-likeness (QED) is 0.344. The summed E-state index contributed by atoms with van der Waals surface area (Å²) in [7, 11) is 1.63. The topological polar surface area (TPSA) is 64.4 Å². The smallest absolute Gasteiger partial charge is 0.256 e. The summed E-state index contributed by atoms with van der Waals surface area (Å²) in [6, 6.07) is 22.9. The van der Waals surface area contributed by atoms with E-state index in [-0.39, 0.29) is 5.91 Å². The minimum absolute atomic E-state index is 0.203. The van der Waals surface area contributed by atoms with E-state index in [1.165, 1.54) is 5.56 Å². The normalized spacial score (nSPS) is 10.7. The third-order valence-electron chi connectivity index (χ3n) is 5.31. The average molecular weight is 427 g/mol. The van der Waals surface area contributed by atoms with E-state index in [1.807, 2.05) is 54.6 Å². The predicted molar refractivity (Wildman–Crippen MR) is 127 cm³/mol. The van der Waals surface area contributed by atoms with E-state index in [9.17, 15) is 4.79 Å². The van der Waals surface area contributed by atoms with Crippen LogP contribution < -0.4 is 10.1 Å². The number of rotatable bonds is 8. The van der Waals surface area contributed by atoms with Crippen LogP contribution >= 0.6 is 0 Å². The van der Waals surface area contributed by atoms with Gasteiger partial charge in [0, 0.05) is 16.8 Å². The molecular weight excluding hydrogens is 400 g/mol. The van der Waals surface area contributed by atoms with Gasteiger partial charge in [0.2, 0.25) is 5.89 Å². The molecule has 5 nitrogen and oxygen atoms in total. The van der Waals surface area contributed by atoms with Gasteiger partial charge in [-0.1, -0.05) is 37.6 Å². The Bertz CT molecular complexity index is 1180. The summed E-state index contributed by atoms with van der Waals surface area (Å²) < 4.78 is 11.2. The number of nitrogens with zero attached hydrogens (tertiary/aromatic N) is 1. The lowest BCUT2D eigenvalue weighted by Gasteiger charge is -2.09. The van der Waals surface area contributed by atoms with E-state index in [1.54, 1.807) is 19.4 Å². The highest BCUT2D eigenvalue weighted by Gasteiger charge is 2.17. The number of amides is 1. The molecule has 0 aliphatic heterocycles. The molecule has 0 atom stereocenters. The summed E-state index contributed by atoms with van der Waals surface area (Å²) in [5.74, 6) is 1.59. The Balaban J connectivity index is 1.54. The molecule has 0 radical (unpaired) electrons. The number of carbonyl (C=O) groups is 1. The van der Waals surface area contributed by atoms with Crippen LogP contribution in [0.25, 0.3) is 22.8 Å². The standard InChI is InChI=1S/C27H26N2O3/c1-3-4-7-19-10-14-21(15-11-19)29-26(30)23-8-5-6-9-24(23)27-28-18-25(32-27)20-12-16-22(31-2)17-13-20/h5-6,8-18H,3-4,7H2,1-2H3,(H,29,30). The zero-order valence-corrected chi connectivity index (χ0v) is 18.3. The summed E-state index contributed by atoms with van der Waals surface area (Å²) in [4.78, 5) is 17.4. The first-order valence-corrected chi connectivity index (χ1v) is 10.8. The van der Waals surface area contributed by atoms with Gasteiger partial charge in [-0.05, 0) is 66.9 Å². The van der Waals surface area contributed by atoms with Crippen LogP contribution in [-0.2, 0) is 6.42 Å². The molecule has 162 valence electrons. The number of oxazole rings is 1. The third-order valence-corrected chi connectivity index (χ3v) is 5.31. The van der Waals surface area contributed by atoms with Gasteiger partial charge in [-0.2, -0.15) is 0 Å². The van der Waals surface area contributed by atoms with Crippen molar-refractivity contribution in [1.82, 2.24) is 4.98 Å². The predicted octanol–water partition coefficient (Wildman–Crippen LogP) is 6.61. The minimum atomic E-state index is -0.203. The largest absolute Gasteiger partial charge is 0.497 e. The molecule has 1 heterocycles. The molecule has 0 aliphatic carbocycles. The maximum Gasteiger partial charge on any atom is 0.256 e. The SMILES string of the molecule is CCCCc1ccc(NC(=O)c2ccccc2-c2ncc(-c3ccc(OC)cc3)o2)cc1. The van der Waals surface area contributed by atoms with Crippen molar-refractivity contribution in [2.45, 2.75) is 26.2 Å². The first kappa shape index (κ1) is 21.4. The number of methoxy groups -OCH3 is 1. The van der Waals surface area contributed by atoms with Crippen molar-refractivity contribution >= 4 is 11.6 Å². The van der Waals surface area contributed by atoms with Gasteiger partial charge < -0.3 is 14.5 Å². The van der Waals surface area contributed by atoms with Gasteiger partial charge in [0.25, 0.3) is 5.91 Å². The molecule has 0 saturated heterocycles. The summed E-state index contributed by atoms with van der Waals surface area (Å²) in [6.45, 7) is 2.18. The van der Waals surface area contributed by atoms with Crippen LogP contribution in [0.15, 0.2) is 83.4 Å². The molecule has 1 aromatic heterocycles. The van der Waals surface area contributed by atoms with Crippen LogP contribution in [0.5, 0.6) is 5.75 Å². The lowest BCUT2D eigenvalue weighted by Crippen LogP contribution is -2.13. The van der Waals surface area contributed by atoms with E-state index < -0.39 is 0 Å². The second-order valence-corrected chi connectivity index (χ2v) is 7.56. The summed E-state index contributed by atoms with van der Waals surface area (Å²) >= 11 is 0. The maximum absolute atomic E-state index is 13.0. The van der Waals surface area contributed by atoms with Gasteiger partial charge in [0.1, 0.15) is 5.75 Å². The molecule has 3 aromatic carbocycles. The first-order valence-electron chi connectivity index (χ1n) is 10.8. The van der Waals surface area contributed by atoms with Crippen molar-refractivity contribution in [1.29, 1.82) is 0 Å². The van der Waals surface area contributed by atoms with Crippen molar-refractivity contribution in [2.75, 3.05) is 12.4 Å². The Kier molecular flexibility index (Phi) is 6.66. The van der Waals surface area contributed by atoms with Crippen molar-refractivity contribution in [3.05, 3.63) is 90.1 Å². The Morgan fingerprint density at radius 3 is 2.47 bits per heavy atom. The van der Waals surface area contributed by atoms with Crippen molar-refractivity contribution in [3.8, 4) is 28.5 Å². The molecular formula is C27H26N2O3. The van der Waals surface area contributed by atoms with Crippen LogP contribution in [0.3, 0.4) is 0 Å². The van der Waals surface area contributed by atoms with Crippen LogP contribution in [0.2, 0.25) is 0 Å². The number of aryl methyl sites for hydroxylation is 1. The van der Waals surface area contributed by atoms with E-state index in [4.69, 9.17) is 9.15 Å². The van der Waals surface area contributed by atoms with Crippen molar-refractivity contribution < 1.29 is 13.9 Å². The van der Waals surface area contributed by atoms with Gasteiger partial charge in [-0.25, -0.2) is 4.98 Å². The molecule has 0 bridgehead atoms. The fraction of sp³-hybridized carbons (Fsp3) is 0.185. The number of benzene rings is 3. The first-order chi connectivity index (χ1) is 15.7. The van der Waals surface area contributed by atoms with Crippen LogP contribution in [0.1, 0.15) is 35.7 Å². The highest BCUT2D eigenvalue weighted by molar-refractivity contribution is 6.08. The Labute approximate surface area is 188 Å². The van der Waals surface area contributed by atoms with Gasteiger partial charge in [0.05, 0.1) is 18.9 Å². The molecule has 0 saturated carbocycles. The molecule has 0 fully saturated rings. The number of hydrogen-bond acceptors (Lipinski definition) is 4. The second-order valence-electron chi connectivity index (χ2n) is 7.56. The number of carbonyl (C=O) groups excluding carboxylic acids is 1. The zero-order chi connectivity index (χ0) is 22.3. The molecule has 1 N–H and O–H groups in total. The summed E-state index contributed by atoms with van der Waals surface area (Å²) in [5, 5.41) is 2.98. The van der Waals surface area contributed by atoms with E-state index in [2.05, 4.69) is 29.4 Å². The second kappa shape index (κ2) is 9.96. The molecule has 32 heavy (non-hydrogen) atoms. The summed E-state index contributed by atoms with van der Waals surface area (Å²) in [5.41, 5.74) is 4.07. The Morgan fingerprint density at radius 2 is 1.75 bits per heavy atom. The van der Waals surface area contributed by atoms with E-state index >= 15 is 0 Å². The van der Waals surface area contributed by atoms with E-state index in [0.717, 1.165) is 36.3 Å². The Hall–Kier alpha value is -3.86. The molecule has 5 heteroatoms. The highest BCUT2D eigenvalue weighted by Crippen LogP contribution is 2.29. The van der Waals surface area contributed by atoms with Gasteiger partial charge in [-0.15, -0.1) is 0 Å². The lowest BCUT2D eigenvalue weighted by atomic mass is 10.1. The highest BCUT2D eigenvalue weighted by atomic mass is 16.5. The fourth-order valence-electron chi connectivity index (χ4n) is 3.49. The van der Waals surface area contributed by atoms with Crippen LogP contribution in [-0.4, -0.2) is 18.0 Å². The average Bonchev–Trinajstić information content (AvgIpc) is 3.34. The lowest BCUT2D eigenvalue weighted by molar-refractivity contribution is 0.102. The van der Waals surface area contributed by atoms with Crippen molar-refractivity contribution in [2.24, 2.45) is 0 Å². The van der Waals surface area contributed by atoms with E-state index in [0.29, 0.717) is 22.8 Å². The number of hydrogen-bond donors (Lipinski definition) is 1. The number of anilines is 1. The number of unbranched alkanes of at least 4 members (excludes halogenated alkanes) is 1. The molecule has 0 aliphatic rings. The third kappa shape index (κ3) is 4.89. The number of nitrogens with one attached hydrogen (secondary N) is 1. The van der Waals surface area contributed by atoms with Gasteiger partial charge in [-0.3, -0.25) is 4.79 Å².